The van der Waals surface area contributed by atoms with Crippen molar-refractivity contribution in [2.45, 2.75) is 12.8 Å². The van der Waals surface area contributed by atoms with E-state index < -0.39 is 0 Å². The number of nitrogens with zero attached hydrogens (tertiary/aromatic N) is 3. The van der Waals surface area contributed by atoms with Gasteiger partial charge in [0.15, 0.2) is 0 Å². The van der Waals surface area contributed by atoms with E-state index in [0.29, 0.717) is 37.6 Å². The second-order valence-corrected chi connectivity index (χ2v) is 6.30. The average molecular weight is 432 g/mol. The van der Waals surface area contributed by atoms with Crippen molar-refractivity contribution < 1.29 is 14.0 Å². The first-order chi connectivity index (χ1) is 12.6. The standard InChI is InChI=1S/C18H22FN5O2.2ClH/c19-14-3-5-15(6-4-14)24-12-21-10-16(24)18(26)23-9-1-2-13(11-23)17(25)22-8-7-20;;/h3-6,10,12-13H,1-2,7-9,11,20H2,(H,22,25);2*1H. The molecule has 1 aliphatic heterocycles. The molecule has 2 aromatic rings. The number of rotatable bonds is 5. The van der Waals surface area contributed by atoms with E-state index >= 15 is 0 Å². The summed E-state index contributed by atoms with van der Waals surface area (Å²) in [5.41, 5.74) is 6.46. The number of aromatic nitrogens is 2. The van der Waals surface area contributed by atoms with Crippen LogP contribution in [0.3, 0.4) is 0 Å². The highest BCUT2D eigenvalue weighted by atomic mass is 35.5. The van der Waals surface area contributed by atoms with Crippen LogP contribution in [0.4, 0.5) is 4.39 Å². The topological polar surface area (TPSA) is 93.2 Å². The fraction of sp³-hybridized carbons (Fsp3) is 0.389. The van der Waals surface area contributed by atoms with E-state index in [0.717, 1.165) is 12.8 Å². The molecule has 1 atom stereocenters. The van der Waals surface area contributed by atoms with Gasteiger partial charge >= 0.3 is 0 Å². The van der Waals surface area contributed by atoms with E-state index in [1.54, 1.807) is 21.6 Å². The number of amides is 2. The van der Waals surface area contributed by atoms with Gasteiger partial charge in [0.25, 0.3) is 5.91 Å². The normalized spacial score (nSPS) is 15.9. The Bertz CT molecular complexity index is 785. The molecule has 0 spiro atoms. The Morgan fingerprint density at radius 2 is 1.96 bits per heavy atom. The molecule has 1 aromatic heterocycles. The molecule has 2 heterocycles. The molecule has 1 aliphatic rings. The second-order valence-electron chi connectivity index (χ2n) is 6.30. The van der Waals surface area contributed by atoms with Gasteiger partial charge in [-0.2, -0.15) is 0 Å². The lowest BCUT2D eigenvalue weighted by molar-refractivity contribution is -0.126. The zero-order valence-electron chi connectivity index (χ0n) is 15.2. The van der Waals surface area contributed by atoms with Gasteiger partial charge in [-0.25, -0.2) is 9.37 Å². The van der Waals surface area contributed by atoms with Crippen molar-refractivity contribution in [2.24, 2.45) is 11.7 Å². The molecule has 0 aliphatic carbocycles. The number of carbonyl (C=O) groups excluding carboxylic acids is 2. The first-order valence-corrected chi connectivity index (χ1v) is 8.65. The quantitative estimate of drug-likeness (QED) is 0.754. The van der Waals surface area contributed by atoms with Crippen molar-refractivity contribution in [3.05, 3.63) is 48.3 Å². The minimum atomic E-state index is -0.343. The fourth-order valence-electron chi connectivity index (χ4n) is 3.14. The molecule has 0 bridgehead atoms. The second kappa shape index (κ2) is 11.0. The maximum Gasteiger partial charge on any atom is 0.272 e. The van der Waals surface area contributed by atoms with Crippen LogP contribution in [0.15, 0.2) is 36.8 Å². The molecular formula is C18H24Cl2FN5O2. The molecule has 1 aromatic carbocycles. The summed E-state index contributed by atoms with van der Waals surface area (Å²) >= 11 is 0. The van der Waals surface area contributed by atoms with Crippen LogP contribution in [-0.4, -0.2) is 52.4 Å². The largest absolute Gasteiger partial charge is 0.355 e. The summed E-state index contributed by atoms with van der Waals surface area (Å²) in [6.45, 7) is 1.77. The van der Waals surface area contributed by atoms with Crippen LogP contribution in [0, 0.1) is 11.7 Å². The molecular weight excluding hydrogens is 408 g/mol. The Morgan fingerprint density at radius 3 is 2.64 bits per heavy atom. The van der Waals surface area contributed by atoms with Crippen molar-refractivity contribution in [3.63, 3.8) is 0 Å². The molecule has 3 N–H and O–H groups in total. The number of nitrogens with one attached hydrogen (secondary N) is 1. The Morgan fingerprint density at radius 1 is 1.25 bits per heavy atom. The number of halogens is 3. The number of piperidine rings is 1. The van der Waals surface area contributed by atoms with E-state index in [4.69, 9.17) is 5.73 Å². The first-order valence-electron chi connectivity index (χ1n) is 8.65. The van der Waals surface area contributed by atoms with E-state index in [2.05, 4.69) is 10.3 Å². The number of carbonyl (C=O) groups is 2. The van der Waals surface area contributed by atoms with Gasteiger partial charge in [0, 0.05) is 31.9 Å². The summed E-state index contributed by atoms with van der Waals surface area (Å²) in [6.07, 6.45) is 4.52. The molecule has 28 heavy (non-hydrogen) atoms. The lowest BCUT2D eigenvalue weighted by Crippen LogP contribution is -2.46. The van der Waals surface area contributed by atoms with Crippen LogP contribution in [-0.2, 0) is 4.79 Å². The molecule has 154 valence electrons. The number of nitrogens with two attached hydrogens (primary N) is 1. The van der Waals surface area contributed by atoms with Crippen LogP contribution < -0.4 is 11.1 Å². The third-order valence-corrected chi connectivity index (χ3v) is 4.49. The highest BCUT2D eigenvalue weighted by molar-refractivity contribution is 5.93. The van der Waals surface area contributed by atoms with Gasteiger partial charge < -0.3 is 16.0 Å². The lowest BCUT2D eigenvalue weighted by atomic mass is 9.97. The van der Waals surface area contributed by atoms with Gasteiger partial charge in [0.1, 0.15) is 11.5 Å². The predicted octanol–water partition coefficient (Wildman–Crippen LogP) is 1.78. The maximum absolute atomic E-state index is 13.1. The monoisotopic (exact) mass is 431 g/mol. The zero-order chi connectivity index (χ0) is 18.5. The van der Waals surface area contributed by atoms with Crippen LogP contribution in [0.2, 0.25) is 0 Å². The van der Waals surface area contributed by atoms with E-state index in [9.17, 15) is 14.0 Å². The third-order valence-electron chi connectivity index (χ3n) is 4.49. The SMILES string of the molecule is Cl.Cl.NCCNC(=O)C1CCCN(C(=O)c2cncn2-c2ccc(F)cc2)C1. The van der Waals surface area contributed by atoms with Crippen molar-refractivity contribution in [2.75, 3.05) is 26.2 Å². The van der Waals surface area contributed by atoms with Crippen molar-refractivity contribution in [1.29, 1.82) is 0 Å². The van der Waals surface area contributed by atoms with Crippen LogP contribution in [0.25, 0.3) is 5.69 Å². The minimum Gasteiger partial charge on any atom is -0.355 e. The number of hydrogen-bond acceptors (Lipinski definition) is 4. The van der Waals surface area contributed by atoms with Gasteiger partial charge in [-0.1, -0.05) is 0 Å². The number of imidazole rings is 1. The Kier molecular flexibility index (Phi) is 9.37. The van der Waals surface area contributed by atoms with Crippen LogP contribution in [0.5, 0.6) is 0 Å². The predicted molar refractivity (Wildman–Crippen MR) is 109 cm³/mol. The van der Waals surface area contributed by atoms with Crippen molar-refractivity contribution in [3.8, 4) is 5.69 Å². The van der Waals surface area contributed by atoms with Gasteiger partial charge in [0.2, 0.25) is 5.91 Å². The molecule has 10 heteroatoms. The van der Waals surface area contributed by atoms with Gasteiger partial charge in [-0.3, -0.25) is 14.2 Å². The average Bonchev–Trinajstić information content (AvgIpc) is 3.16. The summed E-state index contributed by atoms with van der Waals surface area (Å²) in [7, 11) is 0. The zero-order valence-corrected chi connectivity index (χ0v) is 16.8. The highest BCUT2D eigenvalue weighted by Gasteiger charge is 2.30. The third kappa shape index (κ3) is 5.43. The van der Waals surface area contributed by atoms with Gasteiger partial charge in [-0.15, -0.1) is 24.8 Å². The number of benzene rings is 1. The molecule has 1 saturated heterocycles. The fourth-order valence-corrected chi connectivity index (χ4v) is 3.14. The molecule has 1 fully saturated rings. The van der Waals surface area contributed by atoms with Gasteiger partial charge in [0.05, 0.1) is 18.4 Å². The summed E-state index contributed by atoms with van der Waals surface area (Å²) in [5.74, 6) is -0.839. The number of hydrogen-bond donors (Lipinski definition) is 2. The molecule has 2 amide bonds. The van der Waals surface area contributed by atoms with Crippen molar-refractivity contribution in [1.82, 2.24) is 19.8 Å². The molecule has 7 nitrogen and oxygen atoms in total. The highest BCUT2D eigenvalue weighted by Crippen LogP contribution is 2.20. The smallest absolute Gasteiger partial charge is 0.272 e. The molecule has 0 radical (unpaired) electrons. The Labute approximate surface area is 175 Å². The Hall–Kier alpha value is -2.16. The minimum absolute atomic E-state index is 0. The van der Waals surface area contributed by atoms with E-state index in [-0.39, 0.29) is 48.4 Å². The lowest BCUT2D eigenvalue weighted by Gasteiger charge is -2.32. The van der Waals surface area contributed by atoms with E-state index in [1.165, 1.54) is 24.7 Å². The van der Waals surface area contributed by atoms with E-state index in [1.807, 2.05) is 0 Å². The molecule has 1 unspecified atom stereocenters. The first kappa shape index (κ1) is 23.9. The molecule has 0 saturated carbocycles. The van der Waals surface area contributed by atoms with Crippen LogP contribution in [0.1, 0.15) is 23.3 Å². The summed E-state index contributed by atoms with van der Waals surface area (Å²) in [4.78, 5) is 30.9. The van der Waals surface area contributed by atoms with Gasteiger partial charge in [-0.05, 0) is 37.1 Å². The molecule has 3 rings (SSSR count). The summed E-state index contributed by atoms with van der Waals surface area (Å²) in [5, 5.41) is 2.78. The summed E-state index contributed by atoms with van der Waals surface area (Å²) < 4.78 is 14.8. The van der Waals surface area contributed by atoms with Crippen LogP contribution >= 0.6 is 24.8 Å². The number of likely N-dealkylation sites (tertiary alicyclic amines) is 1. The maximum atomic E-state index is 13.1. The van der Waals surface area contributed by atoms with Crippen molar-refractivity contribution >= 4 is 36.6 Å². The Balaban J connectivity index is 0.00000196. The summed E-state index contributed by atoms with van der Waals surface area (Å²) in [6, 6.07) is 5.85.